The van der Waals surface area contributed by atoms with Crippen LogP contribution in [0.1, 0.15) is 37.8 Å². The van der Waals surface area contributed by atoms with E-state index in [4.69, 9.17) is 0 Å². The first kappa shape index (κ1) is 15.4. The van der Waals surface area contributed by atoms with Crippen LogP contribution in [-0.4, -0.2) is 28.5 Å². The average Bonchev–Trinajstić information content (AvgIpc) is 3.05. The quantitative estimate of drug-likeness (QED) is 0.908. The normalized spacial score (nSPS) is 23.0. The van der Waals surface area contributed by atoms with Gasteiger partial charge in [0, 0.05) is 24.0 Å². The van der Waals surface area contributed by atoms with Crippen LogP contribution in [0, 0.1) is 11.3 Å². The van der Waals surface area contributed by atoms with Gasteiger partial charge in [-0.25, -0.2) is 4.98 Å². The van der Waals surface area contributed by atoms with Crippen LogP contribution >= 0.6 is 0 Å². The second-order valence-corrected chi connectivity index (χ2v) is 7.16. The van der Waals surface area contributed by atoms with E-state index in [1.54, 1.807) is 12.5 Å². The van der Waals surface area contributed by atoms with E-state index in [0.29, 0.717) is 0 Å². The SMILES string of the molecule is CC(NC(=O)C1CC12CCNCC2)c1cccc(-n2ccnc2)c1. The molecule has 0 radical (unpaired) electrons. The second-order valence-electron chi connectivity index (χ2n) is 7.16. The summed E-state index contributed by atoms with van der Waals surface area (Å²) in [6.07, 6.45) is 8.80. The zero-order chi connectivity index (χ0) is 16.6. The topological polar surface area (TPSA) is 59.0 Å². The molecule has 126 valence electrons. The summed E-state index contributed by atoms with van der Waals surface area (Å²) in [5.74, 6) is 0.427. The van der Waals surface area contributed by atoms with Gasteiger partial charge in [0.05, 0.1) is 12.4 Å². The van der Waals surface area contributed by atoms with Crippen molar-refractivity contribution in [1.82, 2.24) is 20.2 Å². The van der Waals surface area contributed by atoms with Crippen molar-refractivity contribution in [1.29, 1.82) is 0 Å². The fourth-order valence-electron chi connectivity index (χ4n) is 3.96. The highest BCUT2D eigenvalue weighted by Crippen LogP contribution is 2.58. The summed E-state index contributed by atoms with van der Waals surface area (Å²) < 4.78 is 1.98. The molecular weight excluding hydrogens is 300 g/mol. The molecular formula is C19H24N4O. The lowest BCUT2D eigenvalue weighted by Crippen LogP contribution is -2.34. The first-order valence-corrected chi connectivity index (χ1v) is 8.77. The maximum atomic E-state index is 12.6. The molecule has 1 aromatic carbocycles. The summed E-state index contributed by atoms with van der Waals surface area (Å²) in [6, 6.07) is 8.27. The molecule has 1 spiro atoms. The molecule has 2 aromatic rings. The monoisotopic (exact) mass is 324 g/mol. The molecule has 2 aliphatic rings. The molecule has 1 saturated carbocycles. The van der Waals surface area contributed by atoms with Crippen molar-refractivity contribution < 1.29 is 4.79 Å². The molecule has 5 nitrogen and oxygen atoms in total. The number of nitrogens with one attached hydrogen (secondary N) is 2. The van der Waals surface area contributed by atoms with Gasteiger partial charge in [0.15, 0.2) is 0 Å². The summed E-state index contributed by atoms with van der Waals surface area (Å²) >= 11 is 0. The summed E-state index contributed by atoms with van der Waals surface area (Å²) in [6.45, 7) is 4.15. The Morgan fingerprint density at radius 2 is 2.25 bits per heavy atom. The fourth-order valence-corrected chi connectivity index (χ4v) is 3.96. The highest BCUT2D eigenvalue weighted by molar-refractivity contribution is 5.83. The molecule has 1 aliphatic heterocycles. The van der Waals surface area contributed by atoms with Gasteiger partial charge in [-0.15, -0.1) is 0 Å². The van der Waals surface area contributed by atoms with Crippen LogP contribution in [0.25, 0.3) is 5.69 Å². The number of carbonyl (C=O) groups excluding carboxylic acids is 1. The van der Waals surface area contributed by atoms with Gasteiger partial charge in [-0.2, -0.15) is 0 Å². The van der Waals surface area contributed by atoms with Gasteiger partial charge in [0.2, 0.25) is 5.91 Å². The van der Waals surface area contributed by atoms with Gasteiger partial charge < -0.3 is 15.2 Å². The molecule has 4 rings (SSSR count). The lowest BCUT2D eigenvalue weighted by atomic mass is 9.91. The van der Waals surface area contributed by atoms with Crippen LogP contribution in [0.4, 0.5) is 0 Å². The van der Waals surface area contributed by atoms with E-state index < -0.39 is 0 Å². The number of hydrogen-bond acceptors (Lipinski definition) is 3. The van der Waals surface area contributed by atoms with E-state index in [2.05, 4.69) is 34.7 Å². The number of imidazole rings is 1. The zero-order valence-corrected chi connectivity index (χ0v) is 14.0. The van der Waals surface area contributed by atoms with Crippen LogP contribution in [0.15, 0.2) is 43.0 Å². The van der Waals surface area contributed by atoms with Crippen molar-refractivity contribution >= 4 is 5.91 Å². The van der Waals surface area contributed by atoms with Crippen LogP contribution < -0.4 is 10.6 Å². The van der Waals surface area contributed by atoms with E-state index in [1.807, 2.05) is 22.9 Å². The maximum Gasteiger partial charge on any atom is 0.224 e. The zero-order valence-electron chi connectivity index (χ0n) is 14.0. The number of piperidine rings is 1. The third-order valence-corrected chi connectivity index (χ3v) is 5.64. The Hall–Kier alpha value is -2.14. The lowest BCUT2D eigenvalue weighted by molar-refractivity contribution is -0.123. The van der Waals surface area contributed by atoms with Crippen molar-refractivity contribution in [3.05, 3.63) is 48.5 Å². The first-order valence-electron chi connectivity index (χ1n) is 8.77. The number of hydrogen-bond donors (Lipinski definition) is 2. The van der Waals surface area contributed by atoms with Crippen LogP contribution in [0.5, 0.6) is 0 Å². The largest absolute Gasteiger partial charge is 0.349 e. The predicted molar refractivity (Wildman–Crippen MR) is 92.8 cm³/mol. The van der Waals surface area contributed by atoms with Gasteiger partial charge in [0.1, 0.15) is 0 Å². The lowest BCUT2D eigenvalue weighted by Gasteiger charge is -2.24. The molecule has 2 fully saturated rings. The highest BCUT2D eigenvalue weighted by atomic mass is 16.2. The molecule has 2 N–H and O–H groups in total. The molecule has 5 heteroatoms. The minimum Gasteiger partial charge on any atom is -0.349 e. The Labute approximate surface area is 142 Å². The molecule has 1 aliphatic carbocycles. The van der Waals surface area contributed by atoms with Crippen molar-refractivity contribution in [2.45, 2.75) is 32.2 Å². The van der Waals surface area contributed by atoms with E-state index in [0.717, 1.165) is 43.6 Å². The number of rotatable bonds is 4. The number of nitrogens with zero attached hydrogens (tertiary/aromatic N) is 2. The third kappa shape index (κ3) is 2.84. The number of benzene rings is 1. The molecule has 2 atom stereocenters. The van der Waals surface area contributed by atoms with Gasteiger partial charge in [-0.05, 0) is 62.4 Å². The molecule has 1 saturated heterocycles. The van der Waals surface area contributed by atoms with Crippen LogP contribution in [0.2, 0.25) is 0 Å². The van der Waals surface area contributed by atoms with Crippen molar-refractivity contribution in [2.75, 3.05) is 13.1 Å². The fraction of sp³-hybridized carbons (Fsp3) is 0.474. The Balaban J connectivity index is 1.42. The number of amides is 1. The van der Waals surface area contributed by atoms with E-state index in [9.17, 15) is 4.79 Å². The van der Waals surface area contributed by atoms with Gasteiger partial charge in [-0.3, -0.25) is 4.79 Å². The number of aromatic nitrogens is 2. The van der Waals surface area contributed by atoms with Crippen molar-refractivity contribution in [3.63, 3.8) is 0 Å². The minimum atomic E-state index is 0.0142. The Morgan fingerprint density at radius 1 is 1.42 bits per heavy atom. The second kappa shape index (κ2) is 6.06. The number of carbonyl (C=O) groups is 1. The third-order valence-electron chi connectivity index (χ3n) is 5.64. The predicted octanol–water partition coefficient (Wildman–Crippen LogP) is 2.44. The minimum absolute atomic E-state index is 0.0142. The van der Waals surface area contributed by atoms with E-state index >= 15 is 0 Å². The van der Waals surface area contributed by atoms with Crippen molar-refractivity contribution in [2.24, 2.45) is 11.3 Å². The molecule has 24 heavy (non-hydrogen) atoms. The summed E-state index contributed by atoms with van der Waals surface area (Å²) in [4.78, 5) is 16.7. The molecule has 1 aromatic heterocycles. The van der Waals surface area contributed by atoms with Crippen LogP contribution in [0.3, 0.4) is 0 Å². The van der Waals surface area contributed by atoms with Gasteiger partial charge in [0.25, 0.3) is 0 Å². The standard InChI is InChI=1S/C19H24N4O/c1-14(15-3-2-4-16(11-15)23-10-9-21-13-23)22-18(24)17-12-19(17)5-7-20-8-6-19/h2-4,9-11,13-14,17,20H,5-8,12H2,1H3,(H,22,24). The van der Waals surface area contributed by atoms with Crippen LogP contribution in [-0.2, 0) is 4.79 Å². The summed E-state index contributed by atoms with van der Waals surface area (Å²) in [5, 5.41) is 6.60. The maximum absolute atomic E-state index is 12.6. The average molecular weight is 324 g/mol. The Morgan fingerprint density at radius 3 is 3.00 bits per heavy atom. The highest BCUT2D eigenvalue weighted by Gasteiger charge is 2.57. The first-order chi connectivity index (χ1) is 11.7. The molecule has 2 unspecified atom stereocenters. The summed E-state index contributed by atoms with van der Waals surface area (Å²) in [7, 11) is 0. The van der Waals surface area contributed by atoms with Gasteiger partial charge in [-0.1, -0.05) is 12.1 Å². The van der Waals surface area contributed by atoms with Crippen molar-refractivity contribution in [3.8, 4) is 5.69 Å². The van der Waals surface area contributed by atoms with Gasteiger partial charge >= 0.3 is 0 Å². The molecule has 2 heterocycles. The van der Waals surface area contributed by atoms with E-state index in [1.165, 1.54) is 0 Å². The molecule has 0 bridgehead atoms. The Kier molecular flexibility index (Phi) is 3.88. The van der Waals surface area contributed by atoms with E-state index in [-0.39, 0.29) is 23.3 Å². The smallest absolute Gasteiger partial charge is 0.224 e. The summed E-state index contributed by atoms with van der Waals surface area (Å²) in [5.41, 5.74) is 2.47. The molecule has 1 amide bonds. The Bertz CT molecular complexity index is 719.